The number of amides is 1. The lowest BCUT2D eigenvalue weighted by Gasteiger charge is -2.26. The Morgan fingerprint density at radius 1 is 1.25 bits per heavy atom. The lowest BCUT2D eigenvalue weighted by Crippen LogP contribution is -2.39. The molecule has 0 aliphatic rings. The summed E-state index contributed by atoms with van der Waals surface area (Å²) in [5, 5.41) is 6.10. The number of carbonyl (C=O) groups is 1. The van der Waals surface area contributed by atoms with Gasteiger partial charge in [0.15, 0.2) is 0 Å². The molecular formula is C12H26N2O2. The Labute approximate surface area is 99.1 Å². The summed E-state index contributed by atoms with van der Waals surface area (Å²) in [7, 11) is 1.68. The van der Waals surface area contributed by atoms with E-state index in [1.54, 1.807) is 7.11 Å². The maximum Gasteiger partial charge on any atom is 0.223 e. The van der Waals surface area contributed by atoms with Crippen LogP contribution in [0.5, 0.6) is 0 Å². The van der Waals surface area contributed by atoms with Crippen LogP contribution in [0.15, 0.2) is 0 Å². The van der Waals surface area contributed by atoms with Crippen molar-refractivity contribution >= 4 is 5.91 Å². The average Bonchev–Trinajstić information content (AvgIpc) is 2.20. The number of hydrogen-bond donors (Lipinski definition) is 2. The van der Waals surface area contributed by atoms with Crippen LogP contribution in [0.2, 0.25) is 0 Å². The third-order valence-corrected chi connectivity index (χ3v) is 2.78. The average molecular weight is 230 g/mol. The van der Waals surface area contributed by atoms with Crippen LogP contribution in [0, 0.1) is 11.3 Å². The first kappa shape index (κ1) is 15.4. The van der Waals surface area contributed by atoms with E-state index in [0.717, 1.165) is 13.1 Å². The Hall–Kier alpha value is -0.610. The van der Waals surface area contributed by atoms with Crippen molar-refractivity contribution in [1.82, 2.24) is 10.6 Å². The fourth-order valence-electron chi connectivity index (χ4n) is 1.12. The number of hydrogen-bond acceptors (Lipinski definition) is 3. The van der Waals surface area contributed by atoms with E-state index in [1.807, 2.05) is 6.92 Å². The minimum Gasteiger partial charge on any atom is -0.383 e. The van der Waals surface area contributed by atoms with Gasteiger partial charge in [-0.05, 0) is 5.41 Å². The fraction of sp³-hybridized carbons (Fsp3) is 0.917. The Morgan fingerprint density at radius 3 is 2.38 bits per heavy atom. The molecule has 4 heteroatoms. The van der Waals surface area contributed by atoms with Crippen LogP contribution in [0.4, 0.5) is 0 Å². The molecule has 0 aromatic carbocycles. The highest BCUT2D eigenvalue weighted by atomic mass is 16.5. The number of nitrogens with one attached hydrogen (secondary N) is 2. The molecule has 0 saturated carbocycles. The van der Waals surface area contributed by atoms with E-state index in [0.29, 0.717) is 13.2 Å². The summed E-state index contributed by atoms with van der Waals surface area (Å²) in [5.74, 6) is 0.160. The molecule has 1 unspecified atom stereocenters. The highest BCUT2D eigenvalue weighted by Crippen LogP contribution is 2.24. The van der Waals surface area contributed by atoms with Crippen molar-refractivity contribution in [2.45, 2.75) is 27.7 Å². The van der Waals surface area contributed by atoms with Gasteiger partial charge >= 0.3 is 0 Å². The Balaban J connectivity index is 3.58. The van der Waals surface area contributed by atoms with Crippen LogP contribution in [-0.4, -0.2) is 39.3 Å². The molecule has 0 radical (unpaired) electrons. The lowest BCUT2D eigenvalue weighted by atomic mass is 9.81. The van der Waals surface area contributed by atoms with E-state index < -0.39 is 0 Å². The summed E-state index contributed by atoms with van der Waals surface area (Å²) in [6, 6.07) is 0. The highest BCUT2D eigenvalue weighted by molar-refractivity contribution is 5.78. The third kappa shape index (κ3) is 6.80. The van der Waals surface area contributed by atoms with E-state index in [1.165, 1.54) is 0 Å². The van der Waals surface area contributed by atoms with Crippen LogP contribution in [0.25, 0.3) is 0 Å². The van der Waals surface area contributed by atoms with Gasteiger partial charge in [-0.2, -0.15) is 0 Å². The predicted molar refractivity (Wildman–Crippen MR) is 66.4 cm³/mol. The van der Waals surface area contributed by atoms with E-state index in [9.17, 15) is 4.79 Å². The van der Waals surface area contributed by atoms with Gasteiger partial charge in [-0.25, -0.2) is 0 Å². The normalized spacial score (nSPS) is 13.6. The Morgan fingerprint density at radius 2 is 1.88 bits per heavy atom. The van der Waals surface area contributed by atoms with Gasteiger partial charge in [0.05, 0.1) is 6.61 Å². The van der Waals surface area contributed by atoms with Crippen molar-refractivity contribution < 1.29 is 9.53 Å². The summed E-state index contributed by atoms with van der Waals surface area (Å²) in [6.07, 6.45) is 0. The molecule has 1 amide bonds. The molecule has 0 saturated heterocycles. The van der Waals surface area contributed by atoms with Crippen LogP contribution < -0.4 is 10.6 Å². The maximum atomic E-state index is 11.7. The van der Waals surface area contributed by atoms with Crippen molar-refractivity contribution in [1.29, 1.82) is 0 Å². The van der Waals surface area contributed by atoms with E-state index in [2.05, 4.69) is 31.4 Å². The van der Waals surface area contributed by atoms with Gasteiger partial charge < -0.3 is 15.4 Å². The minimum absolute atomic E-state index is 0.0214. The molecule has 16 heavy (non-hydrogen) atoms. The molecule has 1 atom stereocenters. The van der Waals surface area contributed by atoms with E-state index >= 15 is 0 Å². The van der Waals surface area contributed by atoms with Crippen molar-refractivity contribution in [3.63, 3.8) is 0 Å². The van der Waals surface area contributed by atoms with Gasteiger partial charge in [-0.1, -0.05) is 27.7 Å². The summed E-state index contributed by atoms with van der Waals surface area (Å²) in [6.45, 7) is 11.2. The molecule has 0 aromatic rings. The zero-order valence-corrected chi connectivity index (χ0v) is 11.2. The van der Waals surface area contributed by atoms with Gasteiger partial charge in [-0.3, -0.25) is 4.79 Å². The minimum atomic E-state index is 0.0214. The third-order valence-electron chi connectivity index (χ3n) is 2.78. The summed E-state index contributed by atoms with van der Waals surface area (Å²) in [4.78, 5) is 11.7. The topological polar surface area (TPSA) is 50.4 Å². The summed E-state index contributed by atoms with van der Waals surface area (Å²) in [5.41, 5.74) is 0.0214. The second-order valence-electron chi connectivity index (χ2n) is 5.12. The molecule has 0 heterocycles. The number of carbonyl (C=O) groups excluding carboxylic acids is 1. The van der Waals surface area contributed by atoms with Crippen LogP contribution in [0.3, 0.4) is 0 Å². The van der Waals surface area contributed by atoms with Gasteiger partial charge in [0.1, 0.15) is 0 Å². The molecule has 0 bridgehead atoms. The first-order valence-corrected chi connectivity index (χ1v) is 5.87. The molecule has 2 N–H and O–H groups in total. The Kier molecular flexibility index (Phi) is 7.34. The molecule has 0 aromatic heterocycles. The van der Waals surface area contributed by atoms with Crippen LogP contribution in [0.1, 0.15) is 27.7 Å². The molecule has 96 valence electrons. The lowest BCUT2D eigenvalue weighted by molar-refractivity contribution is -0.127. The zero-order chi connectivity index (χ0) is 12.6. The first-order valence-electron chi connectivity index (χ1n) is 5.87. The van der Waals surface area contributed by atoms with E-state index in [-0.39, 0.29) is 17.2 Å². The molecule has 0 aliphatic heterocycles. The molecule has 0 rings (SSSR count). The quantitative estimate of drug-likeness (QED) is 0.642. The molecular weight excluding hydrogens is 204 g/mol. The van der Waals surface area contributed by atoms with Crippen LogP contribution >= 0.6 is 0 Å². The molecule has 4 nitrogen and oxygen atoms in total. The molecule has 0 aliphatic carbocycles. The van der Waals surface area contributed by atoms with Crippen molar-refractivity contribution in [2.24, 2.45) is 11.3 Å². The van der Waals surface area contributed by atoms with Gasteiger partial charge in [-0.15, -0.1) is 0 Å². The summed E-state index contributed by atoms with van der Waals surface area (Å²) >= 11 is 0. The number of rotatable bonds is 7. The first-order chi connectivity index (χ1) is 7.39. The second kappa shape index (κ2) is 7.63. The van der Waals surface area contributed by atoms with Crippen molar-refractivity contribution in [3.8, 4) is 0 Å². The highest BCUT2D eigenvalue weighted by Gasteiger charge is 2.26. The smallest absolute Gasteiger partial charge is 0.223 e. The number of methoxy groups -OCH3 is 1. The zero-order valence-electron chi connectivity index (χ0n) is 11.2. The van der Waals surface area contributed by atoms with Crippen LogP contribution in [-0.2, 0) is 9.53 Å². The van der Waals surface area contributed by atoms with E-state index in [4.69, 9.17) is 4.74 Å². The summed E-state index contributed by atoms with van der Waals surface area (Å²) < 4.78 is 4.90. The Bertz CT molecular complexity index is 200. The molecule has 0 fully saturated rings. The van der Waals surface area contributed by atoms with Crippen molar-refractivity contribution in [2.75, 3.05) is 33.4 Å². The molecule has 0 spiro atoms. The fourth-order valence-corrected chi connectivity index (χ4v) is 1.12. The van der Waals surface area contributed by atoms with Gasteiger partial charge in [0, 0.05) is 32.7 Å². The van der Waals surface area contributed by atoms with Gasteiger partial charge in [0.25, 0.3) is 0 Å². The SMILES string of the molecule is COCCNCCNC(=O)C(C)C(C)(C)C. The van der Waals surface area contributed by atoms with Gasteiger partial charge in [0.2, 0.25) is 5.91 Å². The predicted octanol–water partition coefficient (Wildman–Crippen LogP) is 1.02. The monoisotopic (exact) mass is 230 g/mol. The largest absolute Gasteiger partial charge is 0.383 e. The second-order valence-corrected chi connectivity index (χ2v) is 5.12. The number of ether oxygens (including phenoxy) is 1. The van der Waals surface area contributed by atoms with Crippen molar-refractivity contribution in [3.05, 3.63) is 0 Å². The standard InChI is InChI=1S/C12H26N2O2/c1-10(12(2,3)4)11(15)14-7-6-13-8-9-16-5/h10,13H,6-9H2,1-5H3,(H,14,15). The maximum absolute atomic E-state index is 11.7.